The van der Waals surface area contributed by atoms with Crippen molar-refractivity contribution >= 4 is 5.97 Å². The lowest BCUT2D eigenvalue weighted by Crippen LogP contribution is -2.01. The molecular weight excluding hydrogens is 156 g/mol. The zero-order chi connectivity index (χ0) is 8.27. The van der Waals surface area contributed by atoms with Gasteiger partial charge in [0.2, 0.25) is 0 Å². The molecule has 0 amide bonds. The number of carboxylic acids is 1. The molecular formula is C9H12O3. The molecule has 0 aliphatic carbocycles. The lowest BCUT2D eigenvalue weighted by atomic mass is 10.1. The summed E-state index contributed by atoms with van der Waals surface area (Å²) in [6.07, 6.45) is 0.118. The van der Waals surface area contributed by atoms with Crippen LogP contribution in [-0.4, -0.2) is 16.6 Å². The van der Waals surface area contributed by atoms with Crippen molar-refractivity contribution < 1.29 is 15.4 Å². The number of hydrogen-bond donors (Lipinski definition) is 1. The third kappa shape index (κ3) is 2.72. The Bertz CT molecular complexity index is 268. The van der Waals surface area contributed by atoms with E-state index >= 15 is 0 Å². The zero-order valence-corrected chi connectivity index (χ0v) is 6.87. The second kappa shape index (κ2) is 4.51. The number of benzene rings is 1. The largest absolute Gasteiger partial charge is 0.481 e. The first-order valence-corrected chi connectivity index (χ1v) is 3.46. The summed E-state index contributed by atoms with van der Waals surface area (Å²) >= 11 is 0. The van der Waals surface area contributed by atoms with Crippen LogP contribution >= 0.6 is 0 Å². The summed E-state index contributed by atoms with van der Waals surface area (Å²) in [6.45, 7) is 1.91. The summed E-state index contributed by atoms with van der Waals surface area (Å²) < 4.78 is 0. The fraction of sp³-hybridized carbons (Fsp3) is 0.222. The van der Waals surface area contributed by atoms with E-state index in [1.165, 1.54) is 0 Å². The van der Waals surface area contributed by atoms with Crippen LogP contribution in [0.15, 0.2) is 24.3 Å². The standard InChI is InChI=1S/C9H10O2.H2O/c1-7-4-2-3-5-8(7)6-9(10)11;/h2-5H,6H2,1H3,(H,10,11);1H2. The maximum absolute atomic E-state index is 10.3. The minimum Gasteiger partial charge on any atom is -0.481 e. The summed E-state index contributed by atoms with van der Waals surface area (Å²) in [5.41, 5.74) is 1.93. The van der Waals surface area contributed by atoms with Crippen LogP contribution in [0.3, 0.4) is 0 Å². The van der Waals surface area contributed by atoms with E-state index in [2.05, 4.69) is 0 Å². The molecule has 0 saturated heterocycles. The molecule has 0 aliphatic rings. The van der Waals surface area contributed by atoms with Gasteiger partial charge in [0.15, 0.2) is 0 Å². The Labute approximate surface area is 71.0 Å². The Kier molecular flexibility index (Phi) is 4.00. The average Bonchev–Trinajstić information content (AvgIpc) is 1.93. The van der Waals surface area contributed by atoms with E-state index in [0.717, 1.165) is 11.1 Å². The zero-order valence-electron chi connectivity index (χ0n) is 6.87. The lowest BCUT2D eigenvalue weighted by Gasteiger charge is -1.99. The van der Waals surface area contributed by atoms with Gasteiger partial charge in [-0.1, -0.05) is 24.3 Å². The molecule has 0 fully saturated rings. The van der Waals surface area contributed by atoms with E-state index in [4.69, 9.17) is 5.11 Å². The fourth-order valence-electron chi connectivity index (χ4n) is 0.971. The Morgan fingerprint density at radius 2 is 2.00 bits per heavy atom. The van der Waals surface area contributed by atoms with Crippen LogP contribution in [0.4, 0.5) is 0 Å². The number of aryl methyl sites for hydroxylation is 1. The SMILES string of the molecule is Cc1ccccc1CC(=O)O.O. The molecule has 0 spiro atoms. The molecule has 12 heavy (non-hydrogen) atoms. The summed E-state index contributed by atoms with van der Waals surface area (Å²) in [7, 11) is 0. The van der Waals surface area contributed by atoms with E-state index in [1.54, 1.807) is 0 Å². The van der Waals surface area contributed by atoms with Crippen molar-refractivity contribution in [3.8, 4) is 0 Å². The highest BCUT2D eigenvalue weighted by molar-refractivity contribution is 5.70. The smallest absolute Gasteiger partial charge is 0.307 e. The summed E-state index contributed by atoms with van der Waals surface area (Å²) in [4.78, 5) is 10.3. The van der Waals surface area contributed by atoms with Gasteiger partial charge in [-0.2, -0.15) is 0 Å². The monoisotopic (exact) mass is 168 g/mol. The second-order valence-corrected chi connectivity index (χ2v) is 2.50. The van der Waals surface area contributed by atoms with E-state index in [0.29, 0.717) is 0 Å². The first-order chi connectivity index (χ1) is 5.20. The number of rotatable bonds is 2. The maximum atomic E-state index is 10.3. The quantitative estimate of drug-likeness (QED) is 0.709. The van der Waals surface area contributed by atoms with Gasteiger partial charge in [0.05, 0.1) is 6.42 Å². The molecule has 0 aromatic heterocycles. The summed E-state index contributed by atoms with van der Waals surface area (Å²) in [5.74, 6) is -0.778. The molecule has 0 unspecified atom stereocenters. The van der Waals surface area contributed by atoms with Crippen molar-refractivity contribution in [2.45, 2.75) is 13.3 Å². The van der Waals surface area contributed by atoms with Gasteiger partial charge in [0.25, 0.3) is 0 Å². The molecule has 0 saturated carbocycles. The normalized spacial score (nSPS) is 8.75. The van der Waals surface area contributed by atoms with Crippen LogP contribution in [-0.2, 0) is 11.2 Å². The van der Waals surface area contributed by atoms with Crippen LogP contribution < -0.4 is 0 Å². The first-order valence-electron chi connectivity index (χ1n) is 3.46. The van der Waals surface area contributed by atoms with Crippen LogP contribution in [0.1, 0.15) is 11.1 Å². The molecule has 0 radical (unpaired) electrons. The Hall–Kier alpha value is -1.35. The van der Waals surface area contributed by atoms with Crippen molar-refractivity contribution in [2.75, 3.05) is 0 Å². The predicted molar refractivity (Wildman–Crippen MR) is 46.1 cm³/mol. The second-order valence-electron chi connectivity index (χ2n) is 2.50. The highest BCUT2D eigenvalue weighted by Gasteiger charge is 2.01. The van der Waals surface area contributed by atoms with Crippen molar-refractivity contribution in [3.63, 3.8) is 0 Å². The number of aliphatic carboxylic acids is 1. The van der Waals surface area contributed by atoms with Crippen molar-refractivity contribution in [3.05, 3.63) is 35.4 Å². The van der Waals surface area contributed by atoms with Gasteiger partial charge in [-0.05, 0) is 18.1 Å². The highest BCUT2D eigenvalue weighted by Crippen LogP contribution is 2.06. The fourth-order valence-corrected chi connectivity index (χ4v) is 0.971. The molecule has 3 N–H and O–H groups in total. The lowest BCUT2D eigenvalue weighted by molar-refractivity contribution is -0.136. The van der Waals surface area contributed by atoms with Crippen molar-refractivity contribution in [2.24, 2.45) is 0 Å². The van der Waals surface area contributed by atoms with Gasteiger partial charge >= 0.3 is 5.97 Å². The molecule has 1 aromatic carbocycles. The van der Waals surface area contributed by atoms with Crippen molar-refractivity contribution in [1.82, 2.24) is 0 Å². The number of carbonyl (C=O) groups is 1. The van der Waals surface area contributed by atoms with Crippen LogP contribution in [0.25, 0.3) is 0 Å². The third-order valence-electron chi connectivity index (χ3n) is 1.60. The van der Waals surface area contributed by atoms with Crippen LogP contribution in [0.2, 0.25) is 0 Å². The average molecular weight is 168 g/mol. The van der Waals surface area contributed by atoms with Gasteiger partial charge in [-0.3, -0.25) is 4.79 Å². The summed E-state index contributed by atoms with van der Waals surface area (Å²) in [5, 5.41) is 8.49. The Morgan fingerprint density at radius 1 is 1.42 bits per heavy atom. The third-order valence-corrected chi connectivity index (χ3v) is 1.60. The van der Waals surface area contributed by atoms with Gasteiger partial charge < -0.3 is 10.6 Å². The molecule has 0 atom stereocenters. The van der Waals surface area contributed by atoms with Gasteiger partial charge in [0.1, 0.15) is 0 Å². The molecule has 1 aromatic rings. The Morgan fingerprint density at radius 3 is 2.50 bits per heavy atom. The molecule has 3 nitrogen and oxygen atoms in total. The maximum Gasteiger partial charge on any atom is 0.307 e. The number of hydrogen-bond acceptors (Lipinski definition) is 1. The van der Waals surface area contributed by atoms with Crippen LogP contribution in [0, 0.1) is 6.92 Å². The minimum atomic E-state index is -0.778. The predicted octanol–water partition coefficient (Wildman–Crippen LogP) is 0.797. The van der Waals surface area contributed by atoms with Gasteiger partial charge in [0, 0.05) is 0 Å². The topological polar surface area (TPSA) is 68.8 Å². The summed E-state index contributed by atoms with van der Waals surface area (Å²) in [6, 6.07) is 7.51. The Balaban J connectivity index is 0.00000121. The van der Waals surface area contributed by atoms with E-state index in [9.17, 15) is 4.79 Å². The molecule has 0 heterocycles. The van der Waals surface area contributed by atoms with Crippen LogP contribution in [0.5, 0.6) is 0 Å². The molecule has 1 rings (SSSR count). The molecule has 66 valence electrons. The minimum absolute atomic E-state index is 0. The van der Waals surface area contributed by atoms with E-state index < -0.39 is 5.97 Å². The van der Waals surface area contributed by atoms with E-state index in [-0.39, 0.29) is 11.9 Å². The molecule has 3 heteroatoms. The molecule has 0 bridgehead atoms. The van der Waals surface area contributed by atoms with Crippen molar-refractivity contribution in [1.29, 1.82) is 0 Å². The molecule has 0 aliphatic heterocycles. The first kappa shape index (κ1) is 10.7. The van der Waals surface area contributed by atoms with Gasteiger partial charge in [-0.25, -0.2) is 0 Å². The van der Waals surface area contributed by atoms with Gasteiger partial charge in [-0.15, -0.1) is 0 Å². The number of carboxylic acid groups (broad SMARTS) is 1. The highest BCUT2D eigenvalue weighted by atomic mass is 16.4. The van der Waals surface area contributed by atoms with E-state index in [1.807, 2.05) is 31.2 Å².